The summed E-state index contributed by atoms with van der Waals surface area (Å²) in [7, 11) is 0. The molecule has 1 heterocycles. The molecule has 0 radical (unpaired) electrons. The van der Waals surface area contributed by atoms with Gasteiger partial charge in [-0.25, -0.2) is 0 Å². The summed E-state index contributed by atoms with van der Waals surface area (Å²) in [6.07, 6.45) is 0. The van der Waals surface area contributed by atoms with E-state index in [1.165, 1.54) is 0 Å². The highest BCUT2D eigenvalue weighted by Crippen LogP contribution is 2.21. The third kappa shape index (κ3) is 1.85. The third-order valence-electron chi connectivity index (χ3n) is 2.94. The van der Waals surface area contributed by atoms with Gasteiger partial charge in [-0.05, 0) is 18.8 Å². The molecule has 0 aromatic heterocycles. The van der Waals surface area contributed by atoms with Crippen molar-refractivity contribution in [1.29, 1.82) is 0 Å². The minimum atomic E-state index is -0.230. The number of carbonyl (C=O) groups is 1. The molecular formula is C10H20N2O. The minimum Gasteiger partial charge on any atom is -0.337 e. The van der Waals surface area contributed by atoms with Gasteiger partial charge in [0.2, 0.25) is 5.91 Å². The Kier molecular flexibility index (Phi) is 2.66. The summed E-state index contributed by atoms with van der Waals surface area (Å²) < 4.78 is 0. The summed E-state index contributed by atoms with van der Waals surface area (Å²) in [6.45, 7) is 10.4. The van der Waals surface area contributed by atoms with Gasteiger partial charge >= 0.3 is 0 Å². The van der Waals surface area contributed by atoms with E-state index in [0.29, 0.717) is 11.8 Å². The van der Waals surface area contributed by atoms with Gasteiger partial charge in [0.05, 0.1) is 11.7 Å². The van der Waals surface area contributed by atoms with E-state index in [-0.39, 0.29) is 17.6 Å². The normalized spacial score (nSPS) is 34.4. The SMILES string of the molecule is CC(C)C1NC(C)(C(C)C)NC1=O. The molecule has 0 aromatic carbocycles. The van der Waals surface area contributed by atoms with E-state index in [1.807, 2.05) is 6.92 Å². The van der Waals surface area contributed by atoms with Gasteiger partial charge in [0.25, 0.3) is 0 Å². The Morgan fingerprint density at radius 2 is 1.85 bits per heavy atom. The van der Waals surface area contributed by atoms with Crippen molar-refractivity contribution < 1.29 is 4.79 Å². The Bertz CT molecular complexity index is 213. The van der Waals surface area contributed by atoms with E-state index in [9.17, 15) is 4.79 Å². The molecule has 1 aliphatic heterocycles. The molecule has 1 amide bonds. The molecule has 0 aliphatic carbocycles. The maximum atomic E-state index is 11.6. The van der Waals surface area contributed by atoms with Crippen molar-refractivity contribution in [2.45, 2.75) is 46.3 Å². The maximum Gasteiger partial charge on any atom is 0.238 e. The van der Waals surface area contributed by atoms with Crippen LogP contribution in [0.15, 0.2) is 0 Å². The summed E-state index contributed by atoms with van der Waals surface area (Å²) in [5, 5.41) is 6.37. The quantitative estimate of drug-likeness (QED) is 0.675. The molecule has 2 atom stereocenters. The van der Waals surface area contributed by atoms with Gasteiger partial charge in [0.15, 0.2) is 0 Å². The van der Waals surface area contributed by atoms with E-state index in [4.69, 9.17) is 0 Å². The second-order valence-corrected chi connectivity index (χ2v) is 4.71. The van der Waals surface area contributed by atoms with Crippen LogP contribution in [0.25, 0.3) is 0 Å². The van der Waals surface area contributed by atoms with Crippen LogP contribution in [0.3, 0.4) is 0 Å². The highest BCUT2D eigenvalue weighted by molar-refractivity contribution is 5.85. The average molecular weight is 184 g/mol. The van der Waals surface area contributed by atoms with Gasteiger partial charge in [-0.15, -0.1) is 0 Å². The van der Waals surface area contributed by atoms with Gasteiger partial charge < -0.3 is 5.32 Å². The predicted octanol–water partition coefficient (Wildman–Crippen LogP) is 1.10. The first-order valence-electron chi connectivity index (χ1n) is 4.96. The highest BCUT2D eigenvalue weighted by atomic mass is 16.2. The molecule has 3 heteroatoms. The lowest BCUT2D eigenvalue weighted by Crippen LogP contribution is -2.52. The van der Waals surface area contributed by atoms with Gasteiger partial charge in [-0.3, -0.25) is 10.1 Å². The summed E-state index contributed by atoms with van der Waals surface area (Å²) in [4.78, 5) is 11.6. The molecule has 3 nitrogen and oxygen atoms in total. The monoisotopic (exact) mass is 184 g/mol. The van der Waals surface area contributed by atoms with E-state index >= 15 is 0 Å². The van der Waals surface area contributed by atoms with E-state index in [2.05, 4.69) is 38.3 Å². The lowest BCUT2D eigenvalue weighted by atomic mass is 9.98. The van der Waals surface area contributed by atoms with Crippen LogP contribution in [0.4, 0.5) is 0 Å². The van der Waals surface area contributed by atoms with Crippen molar-refractivity contribution in [3.63, 3.8) is 0 Å². The van der Waals surface area contributed by atoms with E-state index in [1.54, 1.807) is 0 Å². The van der Waals surface area contributed by atoms with Crippen LogP contribution in [0, 0.1) is 11.8 Å². The van der Waals surface area contributed by atoms with Crippen molar-refractivity contribution >= 4 is 5.91 Å². The van der Waals surface area contributed by atoms with Crippen molar-refractivity contribution in [2.24, 2.45) is 11.8 Å². The number of rotatable bonds is 2. The minimum absolute atomic E-state index is 0.0348. The number of hydrogen-bond acceptors (Lipinski definition) is 2. The third-order valence-corrected chi connectivity index (χ3v) is 2.94. The van der Waals surface area contributed by atoms with Crippen LogP contribution in [-0.2, 0) is 4.79 Å². The molecule has 0 saturated carbocycles. The van der Waals surface area contributed by atoms with Crippen LogP contribution in [0.1, 0.15) is 34.6 Å². The topological polar surface area (TPSA) is 41.1 Å². The fourth-order valence-corrected chi connectivity index (χ4v) is 1.54. The van der Waals surface area contributed by atoms with E-state index < -0.39 is 0 Å². The second-order valence-electron chi connectivity index (χ2n) is 4.71. The van der Waals surface area contributed by atoms with Crippen molar-refractivity contribution in [1.82, 2.24) is 10.6 Å². The molecule has 0 aromatic rings. The molecule has 1 rings (SSSR count). The number of hydrogen-bond donors (Lipinski definition) is 2. The van der Waals surface area contributed by atoms with Crippen LogP contribution >= 0.6 is 0 Å². The largest absolute Gasteiger partial charge is 0.337 e. The van der Waals surface area contributed by atoms with Crippen molar-refractivity contribution in [3.05, 3.63) is 0 Å². The van der Waals surface area contributed by atoms with Gasteiger partial charge in [-0.1, -0.05) is 27.7 Å². The Morgan fingerprint density at radius 1 is 1.31 bits per heavy atom. The van der Waals surface area contributed by atoms with Crippen LogP contribution in [-0.4, -0.2) is 17.6 Å². The first-order valence-corrected chi connectivity index (χ1v) is 4.96. The van der Waals surface area contributed by atoms with Crippen LogP contribution < -0.4 is 10.6 Å². The molecule has 1 fully saturated rings. The molecule has 13 heavy (non-hydrogen) atoms. The van der Waals surface area contributed by atoms with Gasteiger partial charge in [0, 0.05) is 0 Å². The van der Waals surface area contributed by atoms with E-state index in [0.717, 1.165) is 0 Å². The number of carbonyl (C=O) groups excluding carboxylic acids is 1. The van der Waals surface area contributed by atoms with Crippen LogP contribution in [0.2, 0.25) is 0 Å². The smallest absolute Gasteiger partial charge is 0.238 e. The first-order chi connectivity index (χ1) is 5.87. The molecule has 1 saturated heterocycles. The Balaban J connectivity index is 2.75. The molecular weight excluding hydrogens is 164 g/mol. The number of nitrogens with one attached hydrogen (secondary N) is 2. The summed E-state index contributed by atoms with van der Waals surface area (Å²) >= 11 is 0. The molecule has 0 spiro atoms. The fraction of sp³-hybridized carbons (Fsp3) is 0.900. The average Bonchev–Trinajstić information content (AvgIpc) is 2.28. The zero-order valence-corrected chi connectivity index (χ0v) is 9.14. The summed E-state index contributed by atoms with van der Waals surface area (Å²) in [5.74, 6) is 0.881. The maximum absolute atomic E-state index is 11.6. The lowest BCUT2D eigenvalue weighted by Gasteiger charge is -2.29. The van der Waals surface area contributed by atoms with Gasteiger partial charge in [0.1, 0.15) is 0 Å². The Hall–Kier alpha value is -0.570. The standard InChI is InChI=1S/C10H20N2O/c1-6(2)8-9(13)12-10(5,11-8)7(3)4/h6-8,11H,1-5H3,(H,12,13). The Morgan fingerprint density at radius 3 is 2.08 bits per heavy atom. The zero-order chi connectivity index (χ0) is 10.2. The molecule has 2 N–H and O–H groups in total. The fourth-order valence-electron chi connectivity index (χ4n) is 1.54. The van der Waals surface area contributed by atoms with Gasteiger partial charge in [-0.2, -0.15) is 0 Å². The molecule has 2 unspecified atom stereocenters. The molecule has 76 valence electrons. The molecule has 1 aliphatic rings. The summed E-state index contributed by atoms with van der Waals surface area (Å²) in [6, 6.07) is -0.0348. The molecule has 0 bridgehead atoms. The first kappa shape index (κ1) is 10.5. The van der Waals surface area contributed by atoms with Crippen molar-refractivity contribution in [2.75, 3.05) is 0 Å². The number of amides is 1. The Labute approximate surface area is 80.3 Å². The zero-order valence-electron chi connectivity index (χ0n) is 9.14. The van der Waals surface area contributed by atoms with Crippen molar-refractivity contribution in [3.8, 4) is 0 Å². The second kappa shape index (κ2) is 3.29. The predicted molar refractivity (Wildman–Crippen MR) is 53.1 cm³/mol. The lowest BCUT2D eigenvalue weighted by molar-refractivity contribution is -0.121. The summed E-state index contributed by atoms with van der Waals surface area (Å²) in [5.41, 5.74) is -0.230. The van der Waals surface area contributed by atoms with Crippen LogP contribution in [0.5, 0.6) is 0 Å². The highest BCUT2D eigenvalue weighted by Gasteiger charge is 2.42.